The molecule has 0 heterocycles. The molecule has 1 aromatic rings. The molecule has 0 radical (unpaired) electrons. The summed E-state index contributed by atoms with van der Waals surface area (Å²) in [5.74, 6) is -0.413. The van der Waals surface area contributed by atoms with Crippen LogP contribution in [0.5, 0.6) is 0 Å². The monoisotopic (exact) mass is 257 g/mol. The van der Waals surface area contributed by atoms with E-state index in [0.717, 1.165) is 0 Å². The summed E-state index contributed by atoms with van der Waals surface area (Å²) in [6.07, 6.45) is 1.27. The number of carbonyl (C=O) groups is 1. The number of nitrogens with zero attached hydrogens (tertiary/aromatic N) is 1. The summed E-state index contributed by atoms with van der Waals surface area (Å²) in [6.45, 7) is 0. The number of ether oxygens (including phenoxy) is 1. The van der Waals surface area contributed by atoms with Crippen molar-refractivity contribution < 1.29 is 14.7 Å². The lowest BCUT2D eigenvalue weighted by Crippen LogP contribution is -2.02. The first-order valence-electron chi connectivity index (χ1n) is 3.74. The van der Waals surface area contributed by atoms with Crippen LogP contribution in [0.25, 0.3) is 0 Å². The molecule has 0 aromatic heterocycles. The van der Waals surface area contributed by atoms with Crippen molar-refractivity contribution >= 4 is 28.1 Å². The Kier molecular flexibility index (Phi) is 3.64. The van der Waals surface area contributed by atoms with Crippen LogP contribution in [-0.4, -0.2) is 24.5 Å². The van der Waals surface area contributed by atoms with Gasteiger partial charge in [0.15, 0.2) is 0 Å². The maximum atomic E-state index is 11.2. The van der Waals surface area contributed by atoms with E-state index in [1.807, 2.05) is 0 Å². The SMILES string of the molecule is COC(=O)c1ccc(/C=N\O)cc1Br. The van der Waals surface area contributed by atoms with E-state index in [4.69, 9.17) is 5.21 Å². The Balaban J connectivity index is 3.07. The van der Waals surface area contributed by atoms with Crippen molar-refractivity contribution in [3.63, 3.8) is 0 Å². The summed E-state index contributed by atoms with van der Waals surface area (Å²) in [5, 5.41) is 11.2. The molecule has 0 aliphatic heterocycles. The lowest BCUT2D eigenvalue weighted by molar-refractivity contribution is 0.0599. The maximum absolute atomic E-state index is 11.2. The second-order valence-electron chi connectivity index (χ2n) is 2.48. The molecular weight excluding hydrogens is 250 g/mol. The van der Waals surface area contributed by atoms with E-state index in [1.54, 1.807) is 18.2 Å². The third-order valence-corrected chi connectivity index (χ3v) is 2.26. The average molecular weight is 258 g/mol. The first-order valence-corrected chi connectivity index (χ1v) is 4.53. The average Bonchev–Trinajstić information content (AvgIpc) is 2.17. The molecule has 0 aliphatic carbocycles. The number of halogens is 1. The second-order valence-corrected chi connectivity index (χ2v) is 3.33. The standard InChI is InChI=1S/C9H8BrNO3/c1-14-9(12)7-3-2-6(5-11-13)4-8(7)10/h2-5,13H,1H3/b11-5-. The van der Waals surface area contributed by atoms with Gasteiger partial charge in [0.05, 0.1) is 18.9 Å². The lowest BCUT2D eigenvalue weighted by Gasteiger charge is -2.02. The Morgan fingerprint density at radius 3 is 2.86 bits per heavy atom. The van der Waals surface area contributed by atoms with Gasteiger partial charge in [-0.3, -0.25) is 0 Å². The number of oxime groups is 1. The van der Waals surface area contributed by atoms with Crippen LogP contribution in [0.15, 0.2) is 27.8 Å². The third-order valence-electron chi connectivity index (χ3n) is 1.61. The van der Waals surface area contributed by atoms with Crippen molar-refractivity contribution in [2.45, 2.75) is 0 Å². The second kappa shape index (κ2) is 4.76. The van der Waals surface area contributed by atoms with Crippen molar-refractivity contribution in [1.82, 2.24) is 0 Å². The van der Waals surface area contributed by atoms with Gasteiger partial charge in [0.2, 0.25) is 0 Å². The van der Waals surface area contributed by atoms with Crippen molar-refractivity contribution in [1.29, 1.82) is 0 Å². The molecular formula is C9H8BrNO3. The molecule has 0 aliphatic rings. The number of esters is 1. The summed E-state index contributed by atoms with van der Waals surface area (Å²) in [6, 6.07) is 4.90. The highest BCUT2D eigenvalue weighted by atomic mass is 79.9. The third kappa shape index (κ3) is 2.32. The van der Waals surface area contributed by atoms with E-state index in [2.05, 4.69) is 25.8 Å². The number of methoxy groups -OCH3 is 1. The molecule has 0 saturated carbocycles. The van der Waals surface area contributed by atoms with Gasteiger partial charge in [0, 0.05) is 4.47 Å². The molecule has 0 amide bonds. The van der Waals surface area contributed by atoms with Crippen molar-refractivity contribution in [2.24, 2.45) is 5.16 Å². The van der Waals surface area contributed by atoms with Crippen LogP contribution in [0.1, 0.15) is 15.9 Å². The lowest BCUT2D eigenvalue weighted by atomic mass is 10.1. The fraction of sp³-hybridized carbons (Fsp3) is 0.111. The largest absolute Gasteiger partial charge is 0.465 e. The van der Waals surface area contributed by atoms with E-state index in [-0.39, 0.29) is 0 Å². The summed E-state index contributed by atoms with van der Waals surface area (Å²) < 4.78 is 5.16. The highest BCUT2D eigenvalue weighted by molar-refractivity contribution is 9.10. The van der Waals surface area contributed by atoms with Crippen LogP contribution in [0.2, 0.25) is 0 Å². The number of rotatable bonds is 2. The van der Waals surface area contributed by atoms with E-state index >= 15 is 0 Å². The molecule has 1 N–H and O–H groups in total. The molecule has 4 nitrogen and oxygen atoms in total. The van der Waals surface area contributed by atoms with Gasteiger partial charge in [0.1, 0.15) is 0 Å². The number of benzene rings is 1. The molecule has 0 unspecified atom stereocenters. The van der Waals surface area contributed by atoms with Crippen molar-refractivity contribution in [3.8, 4) is 0 Å². The van der Waals surface area contributed by atoms with Gasteiger partial charge >= 0.3 is 5.97 Å². The molecule has 0 atom stereocenters. The van der Waals surface area contributed by atoms with Gasteiger partial charge < -0.3 is 9.94 Å². The Bertz CT molecular complexity index is 376. The summed E-state index contributed by atoms with van der Waals surface area (Å²) in [4.78, 5) is 11.2. The molecule has 5 heteroatoms. The molecule has 1 aromatic carbocycles. The number of hydrogen-bond donors (Lipinski definition) is 1. The zero-order chi connectivity index (χ0) is 10.6. The van der Waals surface area contributed by atoms with Gasteiger partial charge in [-0.25, -0.2) is 4.79 Å². The predicted molar refractivity (Wildman–Crippen MR) is 54.9 cm³/mol. The van der Waals surface area contributed by atoms with Gasteiger partial charge in [-0.2, -0.15) is 0 Å². The molecule has 0 bridgehead atoms. The molecule has 74 valence electrons. The first-order chi connectivity index (χ1) is 6.69. The Hall–Kier alpha value is -1.36. The Morgan fingerprint density at radius 1 is 1.64 bits per heavy atom. The van der Waals surface area contributed by atoms with Crippen LogP contribution in [-0.2, 0) is 4.74 Å². The zero-order valence-electron chi connectivity index (χ0n) is 7.40. The van der Waals surface area contributed by atoms with Gasteiger partial charge in [-0.15, -0.1) is 0 Å². The van der Waals surface area contributed by atoms with Crippen LogP contribution < -0.4 is 0 Å². The van der Waals surface area contributed by atoms with E-state index in [9.17, 15) is 4.79 Å². The van der Waals surface area contributed by atoms with E-state index in [0.29, 0.717) is 15.6 Å². The molecule has 1 rings (SSSR count). The first kappa shape index (κ1) is 10.7. The quantitative estimate of drug-likeness (QED) is 0.382. The van der Waals surface area contributed by atoms with Gasteiger partial charge in [-0.05, 0) is 33.6 Å². The van der Waals surface area contributed by atoms with Crippen molar-refractivity contribution in [2.75, 3.05) is 7.11 Å². The number of carbonyl (C=O) groups excluding carboxylic acids is 1. The minimum atomic E-state index is -0.413. The summed E-state index contributed by atoms with van der Waals surface area (Å²) in [7, 11) is 1.32. The van der Waals surface area contributed by atoms with E-state index < -0.39 is 5.97 Å². The smallest absolute Gasteiger partial charge is 0.339 e. The molecule has 14 heavy (non-hydrogen) atoms. The fourth-order valence-corrected chi connectivity index (χ4v) is 1.51. The van der Waals surface area contributed by atoms with Gasteiger partial charge in [-0.1, -0.05) is 11.2 Å². The fourth-order valence-electron chi connectivity index (χ4n) is 0.954. The highest BCUT2D eigenvalue weighted by Crippen LogP contribution is 2.18. The summed E-state index contributed by atoms with van der Waals surface area (Å²) in [5.41, 5.74) is 1.12. The highest BCUT2D eigenvalue weighted by Gasteiger charge is 2.09. The Morgan fingerprint density at radius 2 is 2.36 bits per heavy atom. The van der Waals surface area contributed by atoms with Crippen LogP contribution in [0.4, 0.5) is 0 Å². The van der Waals surface area contributed by atoms with Crippen molar-refractivity contribution in [3.05, 3.63) is 33.8 Å². The zero-order valence-corrected chi connectivity index (χ0v) is 8.98. The van der Waals surface area contributed by atoms with E-state index in [1.165, 1.54) is 13.3 Å². The minimum absolute atomic E-state index is 0.413. The molecule has 0 saturated heterocycles. The normalized spacial score (nSPS) is 10.4. The van der Waals surface area contributed by atoms with Crippen LogP contribution in [0.3, 0.4) is 0 Å². The van der Waals surface area contributed by atoms with Crippen LogP contribution in [0, 0.1) is 0 Å². The maximum Gasteiger partial charge on any atom is 0.339 e. The molecule has 0 spiro atoms. The van der Waals surface area contributed by atoms with Gasteiger partial charge in [0.25, 0.3) is 0 Å². The topological polar surface area (TPSA) is 58.9 Å². The Labute approximate surface area is 89.3 Å². The molecule has 0 fully saturated rings. The minimum Gasteiger partial charge on any atom is -0.465 e. The summed E-state index contributed by atoms with van der Waals surface area (Å²) >= 11 is 3.21. The predicted octanol–water partition coefficient (Wildman–Crippen LogP) is 2.04. The number of hydrogen-bond acceptors (Lipinski definition) is 4. The van der Waals surface area contributed by atoms with Crippen LogP contribution >= 0.6 is 15.9 Å².